The molecule has 1 aromatic rings. The highest BCUT2D eigenvalue weighted by Crippen LogP contribution is 2.26. The second-order valence-corrected chi connectivity index (χ2v) is 4.60. The molecule has 13 heavy (non-hydrogen) atoms. The van der Waals surface area contributed by atoms with Crippen LogP contribution in [-0.2, 0) is 6.54 Å². The Kier molecular flexibility index (Phi) is 4.49. The van der Waals surface area contributed by atoms with Crippen LogP contribution in [0.1, 0.15) is 26.0 Å². The lowest BCUT2D eigenvalue weighted by molar-refractivity contribution is 0.438. The van der Waals surface area contributed by atoms with Gasteiger partial charge in [0.2, 0.25) is 0 Å². The standard InChI is InChI=1S/C9H13Br2NO/c1-3-6(2)12-5-7-4-8(10)9(11)13-7/h4,6,12H,3,5H2,1-2H3. The van der Waals surface area contributed by atoms with Crippen molar-refractivity contribution in [2.24, 2.45) is 0 Å². The molecule has 0 aromatic carbocycles. The Hall–Kier alpha value is 0.200. The van der Waals surface area contributed by atoms with E-state index in [1.807, 2.05) is 6.07 Å². The molecule has 4 heteroatoms. The molecule has 0 aliphatic carbocycles. The lowest BCUT2D eigenvalue weighted by Crippen LogP contribution is -2.24. The van der Waals surface area contributed by atoms with Crippen molar-refractivity contribution in [3.63, 3.8) is 0 Å². The summed E-state index contributed by atoms with van der Waals surface area (Å²) in [5, 5.41) is 3.35. The lowest BCUT2D eigenvalue weighted by atomic mass is 10.2. The van der Waals surface area contributed by atoms with Crippen LogP contribution in [0.25, 0.3) is 0 Å². The van der Waals surface area contributed by atoms with Crippen molar-refractivity contribution >= 4 is 31.9 Å². The molecule has 0 spiro atoms. The van der Waals surface area contributed by atoms with Gasteiger partial charge in [-0.2, -0.15) is 0 Å². The lowest BCUT2D eigenvalue weighted by Gasteiger charge is -2.08. The first kappa shape index (κ1) is 11.3. The molecule has 0 radical (unpaired) electrons. The van der Waals surface area contributed by atoms with Crippen molar-refractivity contribution in [1.82, 2.24) is 5.32 Å². The molecule has 0 fully saturated rings. The highest BCUT2D eigenvalue weighted by Gasteiger charge is 2.06. The number of hydrogen-bond donors (Lipinski definition) is 1. The fourth-order valence-electron chi connectivity index (χ4n) is 0.898. The molecule has 1 unspecified atom stereocenters. The summed E-state index contributed by atoms with van der Waals surface area (Å²) in [6, 6.07) is 2.50. The van der Waals surface area contributed by atoms with Gasteiger partial charge in [0.15, 0.2) is 4.67 Å². The summed E-state index contributed by atoms with van der Waals surface area (Å²) < 4.78 is 7.14. The molecule has 0 amide bonds. The minimum Gasteiger partial charge on any atom is -0.452 e. The van der Waals surface area contributed by atoms with Crippen LogP contribution in [-0.4, -0.2) is 6.04 Å². The van der Waals surface area contributed by atoms with Gasteiger partial charge in [0, 0.05) is 6.04 Å². The number of hydrogen-bond acceptors (Lipinski definition) is 2. The zero-order valence-corrected chi connectivity index (χ0v) is 10.9. The molecule has 1 heterocycles. The molecular weight excluding hydrogens is 298 g/mol. The van der Waals surface area contributed by atoms with Gasteiger partial charge in [-0.25, -0.2) is 0 Å². The van der Waals surface area contributed by atoms with Crippen LogP contribution >= 0.6 is 31.9 Å². The van der Waals surface area contributed by atoms with Gasteiger partial charge in [-0.15, -0.1) is 0 Å². The van der Waals surface area contributed by atoms with Crippen LogP contribution in [0, 0.1) is 0 Å². The highest BCUT2D eigenvalue weighted by atomic mass is 79.9. The van der Waals surface area contributed by atoms with Crippen molar-refractivity contribution < 1.29 is 4.42 Å². The largest absolute Gasteiger partial charge is 0.452 e. The van der Waals surface area contributed by atoms with E-state index in [2.05, 4.69) is 51.0 Å². The Bertz CT molecular complexity index is 253. The van der Waals surface area contributed by atoms with Crippen LogP contribution in [0.3, 0.4) is 0 Å². The average molecular weight is 311 g/mol. The molecule has 1 N–H and O–H groups in total. The maximum atomic E-state index is 5.42. The van der Waals surface area contributed by atoms with Crippen LogP contribution in [0.4, 0.5) is 0 Å². The molecule has 0 saturated heterocycles. The number of furan rings is 1. The van der Waals surface area contributed by atoms with Gasteiger partial charge >= 0.3 is 0 Å². The third-order valence-corrected chi connectivity index (χ3v) is 3.64. The van der Waals surface area contributed by atoms with Gasteiger partial charge in [0.25, 0.3) is 0 Å². The van der Waals surface area contributed by atoms with Crippen LogP contribution in [0.2, 0.25) is 0 Å². The summed E-state index contributed by atoms with van der Waals surface area (Å²) in [4.78, 5) is 0. The number of halogens is 2. The van der Waals surface area contributed by atoms with E-state index in [4.69, 9.17) is 4.42 Å². The van der Waals surface area contributed by atoms with Crippen molar-refractivity contribution in [2.45, 2.75) is 32.9 Å². The normalized spacial score (nSPS) is 13.2. The fourth-order valence-corrected chi connectivity index (χ4v) is 1.56. The van der Waals surface area contributed by atoms with Crippen LogP contribution < -0.4 is 5.32 Å². The molecule has 1 rings (SSSR count). The van der Waals surface area contributed by atoms with E-state index >= 15 is 0 Å². The Morgan fingerprint density at radius 3 is 2.69 bits per heavy atom. The molecule has 0 bridgehead atoms. The quantitative estimate of drug-likeness (QED) is 0.917. The smallest absolute Gasteiger partial charge is 0.183 e. The molecule has 0 aliphatic heterocycles. The molecule has 2 nitrogen and oxygen atoms in total. The Balaban J connectivity index is 2.45. The van der Waals surface area contributed by atoms with Gasteiger partial charge in [-0.1, -0.05) is 6.92 Å². The maximum absolute atomic E-state index is 5.42. The third kappa shape index (κ3) is 3.44. The summed E-state index contributed by atoms with van der Waals surface area (Å²) in [6.45, 7) is 5.10. The summed E-state index contributed by atoms with van der Waals surface area (Å²) in [6.07, 6.45) is 1.13. The minimum atomic E-state index is 0.530. The SMILES string of the molecule is CCC(C)NCc1cc(Br)c(Br)o1. The van der Waals surface area contributed by atoms with E-state index in [1.165, 1.54) is 0 Å². The molecule has 0 aliphatic rings. The monoisotopic (exact) mass is 309 g/mol. The molecular formula is C9H13Br2NO. The van der Waals surface area contributed by atoms with E-state index < -0.39 is 0 Å². The second kappa shape index (κ2) is 5.17. The van der Waals surface area contributed by atoms with Gasteiger partial charge in [-0.3, -0.25) is 0 Å². The van der Waals surface area contributed by atoms with E-state index in [9.17, 15) is 0 Å². The summed E-state index contributed by atoms with van der Waals surface area (Å²) in [5.41, 5.74) is 0. The maximum Gasteiger partial charge on any atom is 0.183 e. The molecule has 1 atom stereocenters. The highest BCUT2D eigenvalue weighted by molar-refractivity contribution is 9.13. The summed E-state index contributed by atoms with van der Waals surface area (Å²) in [7, 11) is 0. The van der Waals surface area contributed by atoms with Crippen LogP contribution in [0.5, 0.6) is 0 Å². The zero-order valence-electron chi connectivity index (χ0n) is 7.73. The van der Waals surface area contributed by atoms with Crippen LogP contribution in [0.15, 0.2) is 19.6 Å². The summed E-state index contributed by atoms with van der Waals surface area (Å²) in [5.74, 6) is 0.944. The van der Waals surface area contributed by atoms with Gasteiger partial charge in [0.05, 0.1) is 11.0 Å². The topological polar surface area (TPSA) is 25.2 Å². The van der Waals surface area contributed by atoms with Gasteiger partial charge < -0.3 is 9.73 Å². The predicted octanol–water partition coefficient (Wildman–Crippen LogP) is 3.69. The third-order valence-electron chi connectivity index (χ3n) is 1.93. The molecule has 0 saturated carbocycles. The van der Waals surface area contributed by atoms with Crippen molar-refractivity contribution in [2.75, 3.05) is 0 Å². The Labute approximate surface area is 95.3 Å². The van der Waals surface area contributed by atoms with Gasteiger partial charge in [-0.05, 0) is 51.3 Å². The second-order valence-electron chi connectivity index (χ2n) is 3.02. The van der Waals surface area contributed by atoms with E-state index in [1.54, 1.807) is 0 Å². The first-order valence-corrected chi connectivity index (χ1v) is 5.89. The van der Waals surface area contributed by atoms with Crippen molar-refractivity contribution in [1.29, 1.82) is 0 Å². The van der Waals surface area contributed by atoms with Gasteiger partial charge in [0.1, 0.15) is 5.76 Å². The molecule has 74 valence electrons. The predicted molar refractivity (Wildman–Crippen MR) is 60.7 cm³/mol. The fraction of sp³-hybridized carbons (Fsp3) is 0.556. The Morgan fingerprint density at radius 1 is 1.54 bits per heavy atom. The zero-order chi connectivity index (χ0) is 9.84. The first-order valence-electron chi connectivity index (χ1n) is 4.30. The van der Waals surface area contributed by atoms with E-state index in [0.29, 0.717) is 6.04 Å². The minimum absolute atomic E-state index is 0.530. The van der Waals surface area contributed by atoms with Crippen molar-refractivity contribution in [3.8, 4) is 0 Å². The summed E-state index contributed by atoms with van der Waals surface area (Å²) >= 11 is 6.67. The first-order chi connectivity index (χ1) is 6.13. The van der Waals surface area contributed by atoms with Crippen molar-refractivity contribution in [3.05, 3.63) is 21.0 Å². The average Bonchev–Trinajstić information content (AvgIpc) is 2.42. The number of rotatable bonds is 4. The van der Waals surface area contributed by atoms with E-state index in [-0.39, 0.29) is 0 Å². The van der Waals surface area contributed by atoms with E-state index in [0.717, 1.165) is 27.9 Å². The molecule has 1 aromatic heterocycles. The number of nitrogens with one attached hydrogen (secondary N) is 1. The Morgan fingerprint density at radius 2 is 2.23 bits per heavy atom.